The molecule has 6 heteroatoms. The molecule has 1 aromatic carbocycles. The van der Waals surface area contributed by atoms with E-state index in [0.717, 1.165) is 24.9 Å². The Morgan fingerprint density at radius 3 is 2.54 bits per heavy atom. The number of likely N-dealkylation sites (tertiary alicyclic amines) is 1. The van der Waals surface area contributed by atoms with Crippen LogP contribution in [0.5, 0.6) is 5.75 Å². The van der Waals surface area contributed by atoms with Gasteiger partial charge < -0.3 is 15.7 Å². The molecule has 6 nitrogen and oxygen atoms in total. The highest BCUT2D eigenvalue weighted by Gasteiger charge is 2.32. The van der Waals surface area contributed by atoms with Crippen molar-refractivity contribution in [1.29, 1.82) is 0 Å². The maximum atomic E-state index is 13.0. The summed E-state index contributed by atoms with van der Waals surface area (Å²) >= 11 is 0. The molecule has 3 N–H and O–H groups in total. The summed E-state index contributed by atoms with van der Waals surface area (Å²) in [5, 5.41) is 14.7. The summed E-state index contributed by atoms with van der Waals surface area (Å²) in [6, 6.07) is 7.86. The zero-order valence-corrected chi connectivity index (χ0v) is 15.7. The normalized spacial score (nSPS) is 19.0. The predicted molar refractivity (Wildman–Crippen MR) is 102 cm³/mol. The lowest BCUT2D eigenvalue weighted by molar-refractivity contribution is 0.0574. The van der Waals surface area contributed by atoms with Crippen LogP contribution in [0.4, 0.5) is 0 Å². The first-order valence-electron chi connectivity index (χ1n) is 9.34. The van der Waals surface area contributed by atoms with Crippen molar-refractivity contribution in [2.24, 2.45) is 5.73 Å². The SMILES string of the molecule is CC(C)c1ccc(-n2cc(O)c(C(=O)N3CCCCC3C(C)N)n2)cc1. The summed E-state index contributed by atoms with van der Waals surface area (Å²) in [5.41, 5.74) is 8.19. The molecule has 0 aliphatic carbocycles. The Hall–Kier alpha value is -2.34. The van der Waals surface area contributed by atoms with E-state index in [1.54, 1.807) is 9.58 Å². The number of carbonyl (C=O) groups is 1. The summed E-state index contributed by atoms with van der Waals surface area (Å²) in [7, 11) is 0. The molecule has 1 fully saturated rings. The topological polar surface area (TPSA) is 84.4 Å². The Kier molecular flexibility index (Phi) is 5.32. The molecule has 0 spiro atoms. The number of rotatable bonds is 4. The molecule has 0 saturated carbocycles. The van der Waals surface area contributed by atoms with E-state index in [1.165, 1.54) is 11.8 Å². The van der Waals surface area contributed by atoms with Crippen LogP contribution < -0.4 is 5.73 Å². The summed E-state index contributed by atoms with van der Waals surface area (Å²) in [5.74, 6) is 0.0977. The van der Waals surface area contributed by atoms with E-state index in [9.17, 15) is 9.90 Å². The third kappa shape index (κ3) is 3.60. The first-order chi connectivity index (χ1) is 12.4. The number of nitrogens with zero attached hydrogens (tertiary/aromatic N) is 3. The molecule has 1 aromatic heterocycles. The molecule has 2 heterocycles. The highest BCUT2D eigenvalue weighted by atomic mass is 16.3. The first kappa shape index (κ1) is 18.5. The van der Waals surface area contributed by atoms with Gasteiger partial charge in [-0.05, 0) is 49.8 Å². The minimum atomic E-state index is -0.248. The maximum Gasteiger partial charge on any atom is 0.278 e. The van der Waals surface area contributed by atoms with Gasteiger partial charge in [0, 0.05) is 18.6 Å². The number of benzene rings is 1. The second kappa shape index (κ2) is 7.50. The van der Waals surface area contributed by atoms with Gasteiger partial charge >= 0.3 is 0 Å². The fourth-order valence-electron chi connectivity index (χ4n) is 3.55. The van der Waals surface area contributed by atoms with Crippen LogP contribution in [0.15, 0.2) is 30.5 Å². The number of aromatic nitrogens is 2. The van der Waals surface area contributed by atoms with Crippen molar-refractivity contribution in [3.63, 3.8) is 0 Å². The van der Waals surface area contributed by atoms with E-state index >= 15 is 0 Å². The molecule has 2 unspecified atom stereocenters. The highest BCUT2D eigenvalue weighted by molar-refractivity contribution is 5.95. The van der Waals surface area contributed by atoms with E-state index in [2.05, 4.69) is 18.9 Å². The van der Waals surface area contributed by atoms with Crippen molar-refractivity contribution >= 4 is 5.91 Å². The molecule has 3 rings (SSSR count). The molecular weight excluding hydrogens is 328 g/mol. The molecule has 1 aliphatic rings. The number of piperidine rings is 1. The predicted octanol–water partition coefficient (Wildman–Crippen LogP) is 3.04. The lowest BCUT2D eigenvalue weighted by Gasteiger charge is -2.37. The molecule has 2 atom stereocenters. The number of carbonyl (C=O) groups excluding carboxylic acids is 1. The van der Waals surface area contributed by atoms with Crippen molar-refractivity contribution in [3.8, 4) is 11.4 Å². The van der Waals surface area contributed by atoms with Gasteiger partial charge in [0.15, 0.2) is 11.4 Å². The van der Waals surface area contributed by atoms with Gasteiger partial charge in [0.1, 0.15) is 0 Å². The number of hydrogen-bond acceptors (Lipinski definition) is 4. The Morgan fingerprint density at radius 2 is 1.92 bits per heavy atom. The Labute approximate surface area is 154 Å². The zero-order chi connectivity index (χ0) is 18.8. The summed E-state index contributed by atoms with van der Waals surface area (Å²) in [6.07, 6.45) is 4.40. The van der Waals surface area contributed by atoms with Crippen LogP contribution in [0.3, 0.4) is 0 Å². The van der Waals surface area contributed by atoms with E-state index in [4.69, 9.17) is 5.73 Å². The fraction of sp³-hybridized carbons (Fsp3) is 0.500. The van der Waals surface area contributed by atoms with Gasteiger partial charge in [-0.3, -0.25) is 4.79 Å². The molecule has 2 aromatic rings. The van der Waals surface area contributed by atoms with Crippen molar-refractivity contribution in [2.45, 2.75) is 58.0 Å². The standard InChI is InChI=1S/C20H28N4O2/c1-13(2)15-7-9-16(10-8-15)24-12-18(25)19(22-24)20(26)23-11-5-4-6-17(23)14(3)21/h7-10,12-14,17,25H,4-6,11,21H2,1-3H3. The Bertz CT molecular complexity index is 765. The van der Waals surface area contributed by atoms with Gasteiger partial charge in [0.2, 0.25) is 0 Å². The van der Waals surface area contributed by atoms with Crippen LogP contribution in [-0.2, 0) is 0 Å². The van der Waals surface area contributed by atoms with Gasteiger partial charge in [0.05, 0.1) is 11.9 Å². The third-order valence-corrected chi connectivity index (χ3v) is 5.14. The summed E-state index contributed by atoms with van der Waals surface area (Å²) < 4.78 is 1.55. The smallest absolute Gasteiger partial charge is 0.278 e. The van der Waals surface area contributed by atoms with Crippen molar-refractivity contribution in [1.82, 2.24) is 14.7 Å². The average molecular weight is 356 g/mol. The average Bonchev–Trinajstić information content (AvgIpc) is 3.03. The number of amides is 1. The molecule has 1 saturated heterocycles. The van der Waals surface area contributed by atoms with Gasteiger partial charge in [-0.1, -0.05) is 26.0 Å². The lowest BCUT2D eigenvalue weighted by Crippen LogP contribution is -2.51. The van der Waals surface area contributed by atoms with E-state index in [0.29, 0.717) is 12.5 Å². The van der Waals surface area contributed by atoms with Crippen LogP contribution in [-0.4, -0.2) is 44.3 Å². The van der Waals surface area contributed by atoms with Crippen LogP contribution in [0.1, 0.15) is 62.0 Å². The quantitative estimate of drug-likeness (QED) is 0.882. The molecular formula is C20H28N4O2. The zero-order valence-electron chi connectivity index (χ0n) is 15.7. The molecule has 1 aliphatic heterocycles. The monoisotopic (exact) mass is 356 g/mol. The number of aromatic hydroxyl groups is 1. The Morgan fingerprint density at radius 1 is 1.23 bits per heavy atom. The van der Waals surface area contributed by atoms with Gasteiger partial charge in [0.25, 0.3) is 5.91 Å². The minimum Gasteiger partial charge on any atom is -0.504 e. The van der Waals surface area contributed by atoms with Crippen LogP contribution >= 0.6 is 0 Å². The molecule has 1 amide bonds. The minimum absolute atomic E-state index is 0.00822. The fourth-order valence-corrected chi connectivity index (χ4v) is 3.55. The van der Waals surface area contributed by atoms with Crippen LogP contribution in [0, 0.1) is 0 Å². The van der Waals surface area contributed by atoms with Crippen molar-refractivity contribution in [3.05, 3.63) is 41.7 Å². The van der Waals surface area contributed by atoms with Crippen molar-refractivity contribution in [2.75, 3.05) is 6.54 Å². The van der Waals surface area contributed by atoms with Gasteiger partial charge in [-0.15, -0.1) is 0 Å². The van der Waals surface area contributed by atoms with E-state index in [-0.39, 0.29) is 29.4 Å². The maximum absolute atomic E-state index is 13.0. The first-order valence-corrected chi connectivity index (χ1v) is 9.34. The second-order valence-corrected chi connectivity index (χ2v) is 7.47. The van der Waals surface area contributed by atoms with E-state index in [1.807, 2.05) is 31.2 Å². The number of nitrogens with two attached hydrogens (primary N) is 1. The van der Waals surface area contributed by atoms with Crippen molar-refractivity contribution < 1.29 is 9.90 Å². The summed E-state index contributed by atoms with van der Waals surface area (Å²) in [6.45, 7) is 6.85. The van der Waals surface area contributed by atoms with Crippen LogP contribution in [0.25, 0.3) is 5.69 Å². The van der Waals surface area contributed by atoms with Gasteiger partial charge in [-0.2, -0.15) is 5.10 Å². The molecule has 26 heavy (non-hydrogen) atoms. The second-order valence-electron chi connectivity index (χ2n) is 7.47. The molecule has 0 radical (unpaired) electrons. The molecule has 140 valence electrons. The largest absolute Gasteiger partial charge is 0.504 e. The lowest BCUT2D eigenvalue weighted by atomic mass is 9.96. The van der Waals surface area contributed by atoms with Gasteiger partial charge in [-0.25, -0.2) is 4.68 Å². The molecule has 0 bridgehead atoms. The third-order valence-electron chi connectivity index (χ3n) is 5.14. The Balaban J connectivity index is 1.86. The highest BCUT2D eigenvalue weighted by Crippen LogP contribution is 2.26. The van der Waals surface area contributed by atoms with Crippen LogP contribution in [0.2, 0.25) is 0 Å². The summed E-state index contributed by atoms with van der Waals surface area (Å²) in [4.78, 5) is 14.7. The number of hydrogen-bond donors (Lipinski definition) is 2. The van der Waals surface area contributed by atoms with E-state index < -0.39 is 0 Å².